The van der Waals surface area contributed by atoms with E-state index >= 15 is 0 Å². The van der Waals surface area contributed by atoms with Gasteiger partial charge in [-0.05, 0) is 45.2 Å². The number of carbonyl (C=O) groups excluding carboxylic acids is 1. The molecule has 1 aliphatic heterocycles. The highest BCUT2D eigenvalue weighted by atomic mass is 32.2. The van der Waals surface area contributed by atoms with Crippen LogP contribution >= 0.6 is 0 Å². The molecule has 1 amide bonds. The molecule has 1 aromatic carbocycles. The lowest BCUT2D eigenvalue weighted by atomic mass is 10.2. The Labute approximate surface area is 181 Å². The average Bonchev–Trinajstić information content (AvgIpc) is 3.18. The third-order valence-electron chi connectivity index (χ3n) is 5.38. The van der Waals surface area contributed by atoms with E-state index in [9.17, 15) is 13.2 Å². The molecule has 1 saturated heterocycles. The van der Waals surface area contributed by atoms with Crippen LogP contribution in [0, 0.1) is 0 Å². The number of hydrogen-bond acceptors (Lipinski definition) is 6. The average molecular weight is 443 g/mol. The predicted octanol–water partition coefficient (Wildman–Crippen LogP) is 2.20. The number of likely N-dealkylation sites (N-methyl/N-ethyl adjacent to an activating group) is 1. The molecule has 4 rings (SSSR count). The number of hydrogen-bond donors (Lipinski definition) is 1. The van der Waals surface area contributed by atoms with Crippen LogP contribution < -0.4 is 5.32 Å². The Kier molecular flexibility index (Phi) is 5.78. The molecule has 1 aliphatic rings. The number of carbonyl (C=O) groups is 1. The summed E-state index contributed by atoms with van der Waals surface area (Å²) in [4.78, 5) is 19.4. The second-order valence-corrected chi connectivity index (χ2v) is 9.95. The molecule has 1 fully saturated rings. The fourth-order valence-corrected chi connectivity index (χ4v) is 5.03. The molecule has 2 aromatic heterocycles. The normalized spacial score (nSPS) is 16.1. The second-order valence-electron chi connectivity index (χ2n) is 8.01. The first kappa shape index (κ1) is 21.4. The number of nitrogens with zero attached hydrogens (tertiary/aromatic N) is 5. The van der Waals surface area contributed by atoms with Gasteiger partial charge in [-0.2, -0.15) is 9.40 Å². The summed E-state index contributed by atoms with van der Waals surface area (Å²) in [6.07, 6.45) is 3.19. The van der Waals surface area contributed by atoms with Crippen LogP contribution in [-0.4, -0.2) is 71.5 Å². The Morgan fingerprint density at radius 3 is 2.55 bits per heavy atom. The summed E-state index contributed by atoms with van der Waals surface area (Å²) in [5, 5.41) is 7.86. The molecule has 3 aromatic rings. The summed E-state index contributed by atoms with van der Waals surface area (Å²) >= 11 is 0. The fraction of sp³-hybridized carbons (Fsp3) is 0.381. The van der Waals surface area contributed by atoms with E-state index in [2.05, 4.69) is 20.3 Å². The van der Waals surface area contributed by atoms with E-state index in [1.807, 2.05) is 20.9 Å². The van der Waals surface area contributed by atoms with Gasteiger partial charge in [-0.1, -0.05) is 6.07 Å². The molecule has 0 bridgehead atoms. The number of aromatic nitrogens is 3. The maximum absolute atomic E-state index is 13.0. The molecular formula is C21H26N6O3S. The molecule has 31 heavy (non-hydrogen) atoms. The maximum atomic E-state index is 13.0. The first-order valence-electron chi connectivity index (χ1n) is 10.2. The number of rotatable bonds is 5. The van der Waals surface area contributed by atoms with Gasteiger partial charge in [0, 0.05) is 49.5 Å². The Morgan fingerprint density at radius 1 is 1.10 bits per heavy atom. The van der Waals surface area contributed by atoms with Crippen molar-refractivity contribution in [1.82, 2.24) is 24.0 Å². The van der Waals surface area contributed by atoms with Crippen LogP contribution in [0.4, 0.5) is 5.69 Å². The van der Waals surface area contributed by atoms with Gasteiger partial charge in [0.15, 0.2) is 5.65 Å². The summed E-state index contributed by atoms with van der Waals surface area (Å²) in [5.74, 6) is -0.360. The molecule has 1 N–H and O–H groups in total. The van der Waals surface area contributed by atoms with Crippen LogP contribution in [0.15, 0.2) is 47.6 Å². The largest absolute Gasteiger partial charge is 0.322 e. The zero-order valence-electron chi connectivity index (χ0n) is 17.8. The number of amides is 1. The highest BCUT2D eigenvalue weighted by molar-refractivity contribution is 7.89. The van der Waals surface area contributed by atoms with Crippen molar-refractivity contribution in [3.63, 3.8) is 0 Å². The second kappa shape index (κ2) is 8.37. The Morgan fingerprint density at radius 2 is 1.84 bits per heavy atom. The van der Waals surface area contributed by atoms with Gasteiger partial charge < -0.3 is 10.2 Å². The predicted molar refractivity (Wildman–Crippen MR) is 119 cm³/mol. The third kappa shape index (κ3) is 4.32. The number of nitrogens with one attached hydrogen (secondary N) is 1. The molecule has 10 heteroatoms. The third-order valence-corrected chi connectivity index (χ3v) is 7.27. The van der Waals surface area contributed by atoms with Gasteiger partial charge in [-0.25, -0.2) is 18.1 Å². The van der Waals surface area contributed by atoms with Crippen molar-refractivity contribution in [3.05, 3.63) is 48.3 Å². The van der Waals surface area contributed by atoms with E-state index in [0.29, 0.717) is 43.1 Å². The highest BCUT2D eigenvalue weighted by Crippen LogP contribution is 2.22. The lowest BCUT2D eigenvalue weighted by molar-refractivity contribution is 0.102. The number of anilines is 1. The van der Waals surface area contributed by atoms with Gasteiger partial charge in [0.1, 0.15) is 0 Å². The van der Waals surface area contributed by atoms with Crippen LogP contribution in [0.3, 0.4) is 0 Å². The van der Waals surface area contributed by atoms with Gasteiger partial charge in [0.05, 0.1) is 16.7 Å². The molecular weight excluding hydrogens is 416 g/mol. The smallest absolute Gasteiger partial charge is 0.257 e. The van der Waals surface area contributed by atoms with E-state index in [0.717, 1.165) is 5.39 Å². The number of pyridine rings is 1. The van der Waals surface area contributed by atoms with Crippen LogP contribution in [0.1, 0.15) is 30.2 Å². The monoisotopic (exact) mass is 442 g/mol. The first-order chi connectivity index (χ1) is 14.8. The minimum atomic E-state index is -3.61. The van der Waals surface area contributed by atoms with Crippen molar-refractivity contribution >= 4 is 32.7 Å². The molecule has 0 atom stereocenters. The maximum Gasteiger partial charge on any atom is 0.257 e. The summed E-state index contributed by atoms with van der Waals surface area (Å²) in [5.41, 5.74) is 1.51. The summed E-state index contributed by atoms with van der Waals surface area (Å²) in [6.45, 7) is 6.31. The molecule has 0 unspecified atom stereocenters. The van der Waals surface area contributed by atoms with E-state index in [-0.39, 0.29) is 16.8 Å². The van der Waals surface area contributed by atoms with E-state index in [4.69, 9.17) is 0 Å². The Hall–Kier alpha value is -2.82. The van der Waals surface area contributed by atoms with Crippen molar-refractivity contribution in [2.75, 3.05) is 38.5 Å². The molecule has 0 aliphatic carbocycles. The molecule has 0 radical (unpaired) electrons. The molecule has 9 nitrogen and oxygen atoms in total. The van der Waals surface area contributed by atoms with Gasteiger partial charge in [-0.3, -0.25) is 4.79 Å². The van der Waals surface area contributed by atoms with Crippen molar-refractivity contribution in [1.29, 1.82) is 0 Å². The van der Waals surface area contributed by atoms with E-state index < -0.39 is 10.0 Å². The summed E-state index contributed by atoms with van der Waals surface area (Å²) < 4.78 is 29.2. The van der Waals surface area contributed by atoms with Crippen molar-refractivity contribution in [3.8, 4) is 0 Å². The van der Waals surface area contributed by atoms with Crippen LogP contribution in [0.2, 0.25) is 0 Å². The van der Waals surface area contributed by atoms with Gasteiger partial charge in [-0.15, -0.1) is 0 Å². The zero-order valence-corrected chi connectivity index (χ0v) is 18.6. The zero-order chi connectivity index (χ0) is 22.2. The van der Waals surface area contributed by atoms with E-state index in [1.54, 1.807) is 35.1 Å². The highest BCUT2D eigenvalue weighted by Gasteiger charge is 2.27. The quantitative estimate of drug-likeness (QED) is 0.650. The van der Waals surface area contributed by atoms with Gasteiger partial charge in [0.25, 0.3) is 5.91 Å². The van der Waals surface area contributed by atoms with Crippen molar-refractivity contribution in [2.45, 2.75) is 24.8 Å². The lowest BCUT2D eigenvalue weighted by Gasteiger charge is -2.31. The molecule has 0 spiro atoms. The number of sulfonamides is 1. The Balaban J connectivity index is 1.53. The van der Waals surface area contributed by atoms with E-state index in [1.165, 1.54) is 16.6 Å². The Bertz CT molecular complexity index is 1210. The lowest BCUT2D eigenvalue weighted by Crippen LogP contribution is -2.47. The summed E-state index contributed by atoms with van der Waals surface area (Å²) in [7, 11) is -1.64. The molecule has 0 saturated carbocycles. The summed E-state index contributed by atoms with van der Waals surface area (Å²) in [6, 6.07) is 8.24. The standard InChI is InChI=1S/C21H26N6O3S/c1-15(2)27-20-16(14-23-27)11-17(13-22-20)21(28)24-18-5-4-6-19(12-18)31(29,30)26-9-7-25(3)8-10-26/h4-6,11-15H,7-10H2,1-3H3,(H,24,28). The first-order valence-corrected chi connectivity index (χ1v) is 11.6. The van der Waals surface area contributed by atoms with Crippen LogP contribution in [0.5, 0.6) is 0 Å². The van der Waals surface area contributed by atoms with Crippen molar-refractivity contribution < 1.29 is 13.2 Å². The minimum absolute atomic E-state index is 0.162. The van der Waals surface area contributed by atoms with Crippen LogP contribution in [-0.2, 0) is 10.0 Å². The number of fused-ring (bicyclic) bond motifs is 1. The topological polar surface area (TPSA) is 100 Å². The molecule has 3 heterocycles. The number of benzene rings is 1. The van der Waals surface area contributed by atoms with Crippen LogP contribution in [0.25, 0.3) is 11.0 Å². The SMILES string of the molecule is CC(C)n1ncc2cc(C(=O)Nc3cccc(S(=O)(=O)N4CCN(C)CC4)c3)cnc21. The number of piperazine rings is 1. The van der Waals surface area contributed by atoms with Crippen molar-refractivity contribution in [2.24, 2.45) is 0 Å². The molecule has 164 valence electrons. The van der Waals surface area contributed by atoms with Gasteiger partial charge >= 0.3 is 0 Å². The minimum Gasteiger partial charge on any atom is -0.322 e. The fourth-order valence-electron chi connectivity index (χ4n) is 3.56. The van der Waals surface area contributed by atoms with Gasteiger partial charge in [0.2, 0.25) is 10.0 Å².